The van der Waals surface area contributed by atoms with Crippen molar-refractivity contribution in [3.63, 3.8) is 0 Å². The van der Waals surface area contributed by atoms with E-state index >= 15 is 0 Å². The number of anilines is 1. The average molecular weight is 275 g/mol. The van der Waals surface area contributed by atoms with Crippen molar-refractivity contribution >= 4 is 5.69 Å². The van der Waals surface area contributed by atoms with Crippen molar-refractivity contribution in [3.8, 4) is 0 Å². The Morgan fingerprint density at radius 1 is 0.900 bits per heavy atom. The van der Waals surface area contributed by atoms with Gasteiger partial charge in [0, 0.05) is 38.9 Å². The van der Waals surface area contributed by atoms with Crippen molar-refractivity contribution < 1.29 is 0 Å². The van der Waals surface area contributed by atoms with Crippen molar-refractivity contribution in [3.05, 3.63) is 30.3 Å². The van der Waals surface area contributed by atoms with E-state index in [-0.39, 0.29) is 0 Å². The molecule has 3 heteroatoms. The molecule has 1 heterocycles. The predicted molar refractivity (Wildman–Crippen MR) is 87.5 cm³/mol. The van der Waals surface area contributed by atoms with Crippen molar-refractivity contribution in [1.29, 1.82) is 0 Å². The Balaban J connectivity index is 1.63. The number of hydrogen-bond acceptors (Lipinski definition) is 3. The first-order valence-electron chi connectivity index (χ1n) is 7.93. The SMILES string of the molecule is CN(CCN1CCCCC1)CCN(C)c1ccccc1. The molecule has 0 amide bonds. The monoisotopic (exact) mass is 275 g/mol. The highest BCUT2D eigenvalue weighted by Crippen LogP contribution is 2.10. The van der Waals surface area contributed by atoms with Crippen LogP contribution in [0.2, 0.25) is 0 Å². The number of rotatable bonds is 7. The van der Waals surface area contributed by atoms with Gasteiger partial charge in [-0.2, -0.15) is 0 Å². The van der Waals surface area contributed by atoms with Crippen LogP contribution in [-0.2, 0) is 0 Å². The van der Waals surface area contributed by atoms with E-state index in [9.17, 15) is 0 Å². The molecule has 0 atom stereocenters. The van der Waals surface area contributed by atoms with Gasteiger partial charge in [0.05, 0.1) is 0 Å². The van der Waals surface area contributed by atoms with Gasteiger partial charge >= 0.3 is 0 Å². The zero-order valence-corrected chi connectivity index (χ0v) is 13.1. The molecule has 0 spiro atoms. The fourth-order valence-electron chi connectivity index (χ4n) is 2.74. The quantitative estimate of drug-likeness (QED) is 0.757. The fraction of sp³-hybridized carbons (Fsp3) is 0.647. The predicted octanol–water partition coefficient (Wildman–Crippen LogP) is 2.54. The van der Waals surface area contributed by atoms with E-state index < -0.39 is 0 Å². The number of piperidine rings is 1. The molecule has 0 aromatic heterocycles. The third kappa shape index (κ3) is 5.14. The number of para-hydroxylation sites is 1. The summed E-state index contributed by atoms with van der Waals surface area (Å²) in [6.07, 6.45) is 4.20. The third-order valence-electron chi connectivity index (χ3n) is 4.26. The number of nitrogens with zero attached hydrogens (tertiary/aromatic N) is 3. The minimum Gasteiger partial charge on any atom is -0.373 e. The van der Waals surface area contributed by atoms with E-state index in [1.807, 2.05) is 0 Å². The second-order valence-corrected chi connectivity index (χ2v) is 5.96. The van der Waals surface area contributed by atoms with Crippen LogP contribution in [0, 0.1) is 0 Å². The molecule has 0 aliphatic carbocycles. The Hall–Kier alpha value is -1.06. The standard InChI is InChI=1S/C17H29N3/c1-18(14-16-20-11-7-4-8-12-20)13-15-19(2)17-9-5-3-6-10-17/h3,5-6,9-10H,4,7-8,11-16H2,1-2H3. The van der Waals surface area contributed by atoms with Crippen molar-refractivity contribution in [2.45, 2.75) is 19.3 Å². The van der Waals surface area contributed by atoms with Gasteiger partial charge in [0.2, 0.25) is 0 Å². The van der Waals surface area contributed by atoms with Gasteiger partial charge in [0.1, 0.15) is 0 Å². The van der Waals surface area contributed by atoms with E-state index in [4.69, 9.17) is 0 Å². The summed E-state index contributed by atoms with van der Waals surface area (Å²) < 4.78 is 0. The summed E-state index contributed by atoms with van der Waals surface area (Å²) in [6.45, 7) is 7.23. The zero-order valence-electron chi connectivity index (χ0n) is 13.1. The minimum atomic E-state index is 1.08. The number of likely N-dealkylation sites (N-methyl/N-ethyl adjacent to an activating group) is 2. The molecule has 1 aromatic rings. The van der Waals surface area contributed by atoms with Crippen molar-refractivity contribution in [1.82, 2.24) is 9.80 Å². The zero-order chi connectivity index (χ0) is 14.2. The molecular weight excluding hydrogens is 246 g/mol. The Kier molecular flexibility index (Phi) is 6.34. The molecule has 2 rings (SSSR count). The lowest BCUT2D eigenvalue weighted by atomic mass is 10.1. The Bertz CT molecular complexity index is 360. The van der Waals surface area contributed by atoms with Crippen LogP contribution in [-0.4, -0.2) is 63.2 Å². The second-order valence-electron chi connectivity index (χ2n) is 5.96. The maximum atomic E-state index is 2.61. The largest absolute Gasteiger partial charge is 0.373 e. The molecule has 1 fully saturated rings. The molecule has 1 saturated heterocycles. The molecule has 1 aliphatic heterocycles. The Morgan fingerprint density at radius 2 is 1.60 bits per heavy atom. The second kappa shape index (κ2) is 8.28. The molecule has 1 aromatic carbocycles. The van der Waals surface area contributed by atoms with E-state index in [0.717, 1.165) is 13.1 Å². The number of hydrogen-bond donors (Lipinski definition) is 0. The van der Waals surface area contributed by atoms with Gasteiger partial charge in [-0.3, -0.25) is 0 Å². The van der Waals surface area contributed by atoms with Gasteiger partial charge in [0.25, 0.3) is 0 Å². The van der Waals surface area contributed by atoms with Gasteiger partial charge in [-0.1, -0.05) is 24.6 Å². The van der Waals surface area contributed by atoms with Crippen LogP contribution < -0.4 is 4.90 Å². The number of likely N-dealkylation sites (tertiary alicyclic amines) is 1. The van der Waals surface area contributed by atoms with Gasteiger partial charge in [-0.25, -0.2) is 0 Å². The molecule has 0 radical (unpaired) electrons. The number of benzene rings is 1. The molecule has 112 valence electrons. The molecule has 0 N–H and O–H groups in total. The average Bonchev–Trinajstić information content (AvgIpc) is 2.52. The van der Waals surface area contributed by atoms with Gasteiger partial charge < -0.3 is 14.7 Å². The lowest BCUT2D eigenvalue weighted by Crippen LogP contribution is -2.38. The highest BCUT2D eigenvalue weighted by Gasteiger charge is 2.10. The molecule has 20 heavy (non-hydrogen) atoms. The van der Waals surface area contributed by atoms with Crippen LogP contribution in [0.25, 0.3) is 0 Å². The smallest absolute Gasteiger partial charge is 0.0364 e. The first-order valence-corrected chi connectivity index (χ1v) is 7.93. The fourth-order valence-corrected chi connectivity index (χ4v) is 2.74. The molecule has 3 nitrogen and oxygen atoms in total. The van der Waals surface area contributed by atoms with Crippen LogP contribution in [0.15, 0.2) is 30.3 Å². The highest BCUT2D eigenvalue weighted by atomic mass is 15.2. The van der Waals surface area contributed by atoms with Crippen LogP contribution in [0.3, 0.4) is 0 Å². The maximum Gasteiger partial charge on any atom is 0.0364 e. The summed E-state index contributed by atoms with van der Waals surface area (Å²) >= 11 is 0. The summed E-state index contributed by atoms with van der Waals surface area (Å²) in [6, 6.07) is 10.6. The van der Waals surface area contributed by atoms with E-state index in [1.165, 1.54) is 51.1 Å². The van der Waals surface area contributed by atoms with Crippen LogP contribution in [0.5, 0.6) is 0 Å². The van der Waals surface area contributed by atoms with Gasteiger partial charge in [0.15, 0.2) is 0 Å². The van der Waals surface area contributed by atoms with Gasteiger partial charge in [-0.05, 0) is 45.1 Å². The summed E-state index contributed by atoms with van der Waals surface area (Å²) in [5.41, 5.74) is 1.30. The van der Waals surface area contributed by atoms with Crippen LogP contribution in [0.4, 0.5) is 5.69 Å². The van der Waals surface area contributed by atoms with Crippen molar-refractivity contribution in [2.75, 3.05) is 58.3 Å². The first kappa shape index (κ1) is 15.3. The molecular formula is C17H29N3. The molecule has 1 aliphatic rings. The van der Waals surface area contributed by atoms with Gasteiger partial charge in [-0.15, -0.1) is 0 Å². The highest BCUT2D eigenvalue weighted by molar-refractivity contribution is 5.44. The van der Waals surface area contributed by atoms with E-state index in [0.29, 0.717) is 0 Å². The summed E-state index contributed by atoms with van der Waals surface area (Å²) in [4.78, 5) is 7.40. The summed E-state index contributed by atoms with van der Waals surface area (Å²) in [7, 11) is 4.41. The topological polar surface area (TPSA) is 9.72 Å². The summed E-state index contributed by atoms with van der Waals surface area (Å²) in [5.74, 6) is 0. The third-order valence-corrected chi connectivity index (χ3v) is 4.26. The summed E-state index contributed by atoms with van der Waals surface area (Å²) in [5, 5.41) is 0. The van der Waals surface area contributed by atoms with Crippen molar-refractivity contribution in [2.24, 2.45) is 0 Å². The molecule has 0 bridgehead atoms. The Labute approximate surface area is 124 Å². The van der Waals surface area contributed by atoms with Crippen LogP contribution in [0.1, 0.15) is 19.3 Å². The van der Waals surface area contributed by atoms with E-state index in [2.05, 4.69) is 59.1 Å². The lowest BCUT2D eigenvalue weighted by Gasteiger charge is -2.29. The normalized spacial score (nSPS) is 16.6. The van der Waals surface area contributed by atoms with Crippen LogP contribution >= 0.6 is 0 Å². The Morgan fingerprint density at radius 3 is 2.30 bits per heavy atom. The molecule has 0 saturated carbocycles. The lowest BCUT2D eigenvalue weighted by molar-refractivity contribution is 0.197. The minimum absolute atomic E-state index is 1.08. The first-order chi connectivity index (χ1) is 9.75. The maximum absolute atomic E-state index is 2.61. The molecule has 0 unspecified atom stereocenters. The van der Waals surface area contributed by atoms with E-state index in [1.54, 1.807) is 0 Å².